The number of nitro benzene ring substituents is 1. The highest BCUT2D eigenvalue weighted by atomic mass is 16.6. The van der Waals surface area contributed by atoms with E-state index in [0.29, 0.717) is 31.5 Å². The molecule has 2 aromatic carbocycles. The number of nitrogens with one attached hydrogen (secondary N) is 1. The maximum Gasteiger partial charge on any atom is 0.309 e. The van der Waals surface area contributed by atoms with Gasteiger partial charge in [-0.2, -0.15) is 0 Å². The largest absolute Gasteiger partial charge is 0.495 e. The monoisotopic (exact) mass is 469 g/mol. The summed E-state index contributed by atoms with van der Waals surface area (Å²) in [7, 11) is 1.37. The molecule has 10 heteroatoms. The molecule has 2 amide bonds. The molecule has 0 spiro atoms. The number of benzene rings is 2. The zero-order chi connectivity index (χ0) is 24.8. The predicted octanol–water partition coefficient (Wildman–Crippen LogP) is 3.33. The molecule has 0 saturated carbocycles. The molecule has 0 bridgehead atoms. The van der Waals surface area contributed by atoms with Gasteiger partial charge in [-0.25, -0.2) is 0 Å². The normalized spacial score (nSPS) is 14.7. The van der Waals surface area contributed by atoms with Crippen LogP contribution in [0.5, 0.6) is 5.75 Å². The minimum atomic E-state index is -1.12. The first kappa shape index (κ1) is 24.7. The van der Waals surface area contributed by atoms with Gasteiger partial charge in [0.1, 0.15) is 5.75 Å². The van der Waals surface area contributed by atoms with Crippen LogP contribution in [0.15, 0.2) is 42.5 Å². The van der Waals surface area contributed by atoms with E-state index >= 15 is 0 Å². The summed E-state index contributed by atoms with van der Waals surface area (Å²) in [5.41, 5.74) is 1.43. The highest BCUT2D eigenvalue weighted by Gasteiger charge is 2.31. The average molecular weight is 469 g/mol. The number of hydrogen-bond acceptors (Lipinski definition) is 7. The van der Waals surface area contributed by atoms with E-state index in [1.165, 1.54) is 32.2 Å². The quantitative estimate of drug-likeness (QED) is 0.374. The molecular weight excluding hydrogens is 442 g/mol. The van der Waals surface area contributed by atoms with Crippen molar-refractivity contribution in [1.82, 2.24) is 4.90 Å². The summed E-state index contributed by atoms with van der Waals surface area (Å²) >= 11 is 0. The summed E-state index contributed by atoms with van der Waals surface area (Å²) in [6.45, 7) is 4.14. The second kappa shape index (κ2) is 10.8. The Balaban J connectivity index is 1.55. The lowest BCUT2D eigenvalue weighted by molar-refractivity contribution is -0.384. The van der Waals surface area contributed by atoms with Crippen molar-refractivity contribution in [2.75, 3.05) is 25.5 Å². The van der Waals surface area contributed by atoms with Gasteiger partial charge in [-0.1, -0.05) is 18.2 Å². The maximum atomic E-state index is 12.8. The number of nitro groups is 1. The number of ether oxygens (including phenoxy) is 2. The minimum Gasteiger partial charge on any atom is -0.495 e. The summed E-state index contributed by atoms with van der Waals surface area (Å²) in [5, 5.41) is 13.5. The first-order valence-electron chi connectivity index (χ1n) is 10.9. The SMILES string of the molecule is COc1ccc([N+](=O)[O-])cc1NC(=O)C(C)OC(=O)C1CCN(C(=O)c2ccccc2C)CC1. The average Bonchev–Trinajstić information content (AvgIpc) is 2.83. The van der Waals surface area contributed by atoms with E-state index in [2.05, 4.69) is 5.32 Å². The van der Waals surface area contributed by atoms with Crippen LogP contribution in [0.1, 0.15) is 35.7 Å². The summed E-state index contributed by atoms with van der Waals surface area (Å²) in [6, 6.07) is 11.2. The number of hydrogen-bond donors (Lipinski definition) is 1. The third-order valence-corrected chi connectivity index (χ3v) is 5.80. The van der Waals surface area contributed by atoms with Crippen LogP contribution >= 0.6 is 0 Å². The third-order valence-electron chi connectivity index (χ3n) is 5.80. The van der Waals surface area contributed by atoms with Crippen LogP contribution in [-0.2, 0) is 14.3 Å². The number of aryl methyl sites for hydroxylation is 1. The summed E-state index contributed by atoms with van der Waals surface area (Å²) in [6.07, 6.45) is -0.254. The Kier molecular flexibility index (Phi) is 7.83. The van der Waals surface area contributed by atoms with Gasteiger partial charge in [-0.15, -0.1) is 0 Å². The van der Waals surface area contributed by atoms with Crippen molar-refractivity contribution in [3.63, 3.8) is 0 Å². The van der Waals surface area contributed by atoms with Gasteiger partial charge in [0.15, 0.2) is 6.10 Å². The summed E-state index contributed by atoms with van der Waals surface area (Å²) < 4.78 is 10.5. The summed E-state index contributed by atoms with van der Waals surface area (Å²) in [5.74, 6) is -1.41. The fourth-order valence-electron chi connectivity index (χ4n) is 3.77. The van der Waals surface area contributed by atoms with Gasteiger partial charge in [-0.3, -0.25) is 24.5 Å². The predicted molar refractivity (Wildman–Crippen MR) is 124 cm³/mol. The Morgan fingerprint density at radius 2 is 1.82 bits per heavy atom. The van der Waals surface area contributed by atoms with Crippen molar-refractivity contribution >= 4 is 29.2 Å². The first-order chi connectivity index (χ1) is 16.2. The van der Waals surface area contributed by atoms with Crippen molar-refractivity contribution in [3.05, 3.63) is 63.7 Å². The molecule has 180 valence electrons. The van der Waals surface area contributed by atoms with E-state index < -0.39 is 28.8 Å². The molecule has 3 rings (SSSR count). The lowest BCUT2D eigenvalue weighted by Gasteiger charge is -2.31. The Labute approximate surface area is 197 Å². The Morgan fingerprint density at radius 3 is 2.44 bits per heavy atom. The van der Waals surface area contributed by atoms with Gasteiger partial charge in [-0.05, 0) is 44.4 Å². The van der Waals surface area contributed by atoms with Crippen LogP contribution in [0.4, 0.5) is 11.4 Å². The Morgan fingerprint density at radius 1 is 1.15 bits per heavy atom. The van der Waals surface area contributed by atoms with E-state index in [4.69, 9.17) is 9.47 Å². The Hall–Kier alpha value is -3.95. The van der Waals surface area contributed by atoms with E-state index in [1.807, 2.05) is 25.1 Å². The highest BCUT2D eigenvalue weighted by molar-refractivity contribution is 5.97. The molecule has 1 fully saturated rings. The number of non-ortho nitro benzene ring substituents is 1. The molecule has 1 atom stereocenters. The minimum absolute atomic E-state index is 0.0661. The molecule has 1 saturated heterocycles. The van der Waals surface area contributed by atoms with Gasteiger partial charge < -0.3 is 19.7 Å². The number of rotatable bonds is 7. The number of piperidine rings is 1. The molecule has 0 radical (unpaired) electrons. The number of amides is 2. The number of methoxy groups -OCH3 is 1. The first-order valence-corrected chi connectivity index (χ1v) is 10.9. The standard InChI is InChI=1S/C24H27N3O7/c1-15-6-4-5-7-19(15)23(29)26-12-10-17(11-13-26)24(30)34-16(2)22(28)25-20-14-18(27(31)32)8-9-21(20)33-3/h4-9,14,16-17H,10-13H2,1-3H3,(H,25,28). The van der Waals surface area contributed by atoms with Gasteiger partial charge in [0.05, 0.1) is 23.6 Å². The van der Waals surface area contributed by atoms with E-state index in [0.717, 1.165) is 5.56 Å². The number of esters is 1. The van der Waals surface area contributed by atoms with Gasteiger partial charge in [0.25, 0.3) is 17.5 Å². The van der Waals surface area contributed by atoms with Gasteiger partial charge >= 0.3 is 5.97 Å². The number of anilines is 1. The van der Waals surface area contributed by atoms with Crippen LogP contribution in [-0.4, -0.2) is 53.9 Å². The fraction of sp³-hybridized carbons (Fsp3) is 0.375. The molecule has 1 unspecified atom stereocenters. The second-order valence-corrected chi connectivity index (χ2v) is 8.09. The molecule has 2 aromatic rings. The van der Waals surface area contributed by atoms with E-state index in [1.54, 1.807) is 11.0 Å². The number of likely N-dealkylation sites (tertiary alicyclic amines) is 1. The lowest BCUT2D eigenvalue weighted by Crippen LogP contribution is -2.42. The molecule has 1 heterocycles. The van der Waals surface area contributed by atoms with E-state index in [9.17, 15) is 24.5 Å². The van der Waals surface area contributed by atoms with Crippen LogP contribution in [0.25, 0.3) is 0 Å². The lowest BCUT2D eigenvalue weighted by atomic mass is 9.96. The van der Waals surface area contributed by atoms with Crippen molar-refractivity contribution in [2.24, 2.45) is 5.92 Å². The van der Waals surface area contributed by atoms with Crippen LogP contribution in [0.3, 0.4) is 0 Å². The molecule has 0 aliphatic carbocycles. The Bertz CT molecular complexity index is 1090. The fourth-order valence-corrected chi connectivity index (χ4v) is 3.77. The van der Waals surface area contributed by atoms with Crippen molar-refractivity contribution in [3.8, 4) is 5.75 Å². The molecule has 1 N–H and O–H groups in total. The highest BCUT2D eigenvalue weighted by Crippen LogP contribution is 2.29. The van der Waals surface area contributed by atoms with Crippen LogP contribution in [0, 0.1) is 23.0 Å². The third kappa shape index (κ3) is 5.69. The van der Waals surface area contributed by atoms with Gasteiger partial charge in [0, 0.05) is 30.8 Å². The number of carbonyl (C=O) groups is 3. The van der Waals surface area contributed by atoms with E-state index in [-0.39, 0.29) is 23.0 Å². The van der Waals surface area contributed by atoms with Crippen molar-refractivity contribution < 1.29 is 28.8 Å². The zero-order valence-electron chi connectivity index (χ0n) is 19.3. The molecule has 34 heavy (non-hydrogen) atoms. The number of carbonyl (C=O) groups excluding carboxylic acids is 3. The molecule has 1 aliphatic heterocycles. The zero-order valence-corrected chi connectivity index (χ0v) is 19.3. The molecular formula is C24H27N3O7. The smallest absolute Gasteiger partial charge is 0.309 e. The van der Waals surface area contributed by atoms with Crippen LogP contribution in [0.2, 0.25) is 0 Å². The second-order valence-electron chi connectivity index (χ2n) is 8.09. The summed E-state index contributed by atoms with van der Waals surface area (Å²) in [4.78, 5) is 50.1. The van der Waals surface area contributed by atoms with Gasteiger partial charge in [0.2, 0.25) is 0 Å². The topological polar surface area (TPSA) is 128 Å². The van der Waals surface area contributed by atoms with Crippen LogP contribution < -0.4 is 10.1 Å². The molecule has 1 aliphatic rings. The van der Waals surface area contributed by atoms with Crippen molar-refractivity contribution in [2.45, 2.75) is 32.8 Å². The maximum absolute atomic E-state index is 12.8. The van der Waals surface area contributed by atoms with Crippen molar-refractivity contribution in [1.29, 1.82) is 0 Å². The molecule has 10 nitrogen and oxygen atoms in total. The molecule has 0 aromatic heterocycles. The number of nitrogens with zero attached hydrogens (tertiary/aromatic N) is 2.